The van der Waals surface area contributed by atoms with Crippen molar-refractivity contribution in [2.24, 2.45) is 5.90 Å². The van der Waals surface area contributed by atoms with E-state index in [1.807, 2.05) is 0 Å². The maximum Gasteiger partial charge on any atom is 0.469 e. The van der Waals surface area contributed by atoms with Crippen LogP contribution < -0.4 is 5.90 Å². The second-order valence-corrected chi connectivity index (χ2v) is 4.39. The van der Waals surface area contributed by atoms with E-state index >= 15 is 0 Å². The maximum absolute atomic E-state index is 10.7. The molecule has 0 aromatic rings. The number of hydrogen-bond acceptors (Lipinski definition) is 9. The number of phosphoric ester groups is 1. The van der Waals surface area contributed by atoms with Gasteiger partial charge in [0.1, 0.15) is 24.9 Å². The quantitative estimate of drug-likeness (QED) is 0.180. The van der Waals surface area contributed by atoms with Gasteiger partial charge in [-0.2, -0.15) is 0 Å². The average molecular weight is 307 g/mol. The summed E-state index contributed by atoms with van der Waals surface area (Å²) in [5.41, 5.74) is 0. The second kappa shape index (κ2) is 10.3. The summed E-state index contributed by atoms with van der Waals surface area (Å²) in [6.07, 6.45) is -5.94. The van der Waals surface area contributed by atoms with Gasteiger partial charge in [-0.1, -0.05) is 0 Å². The van der Waals surface area contributed by atoms with E-state index in [0.29, 0.717) is 0 Å². The molecule has 0 amide bonds. The van der Waals surface area contributed by atoms with Crippen LogP contribution >= 0.6 is 7.82 Å². The van der Waals surface area contributed by atoms with E-state index in [1.165, 1.54) is 7.11 Å². The lowest BCUT2D eigenvalue weighted by molar-refractivity contribution is -0.142. The molecule has 0 aromatic heterocycles. The first kappa shape index (κ1) is 20.8. The van der Waals surface area contributed by atoms with E-state index in [4.69, 9.17) is 30.2 Å². The predicted octanol–water partition coefficient (Wildman–Crippen LogP) is -3.75. The van der Waals surface area contributed by atoms with E-state index in [1.54, 1.807) is 0 Å². The van der Waals surface area contributed by atoms with E-state index in [0.717, 1.165) is 0 Å². The molecule has 11 nitrogen and oxygen atoms in total. The number of nitrogens with two attached hydrogens (primary N) is 1. The van der Waals surface area contributed by atoms with Crippen LogP contribution in [0.25, 0.3) is 0 Å². The molecular formula is C7H18NO10P. The molecule has 116 valence electrons. The van der Waals surface area contributed by atoms with Crippen molar-refractivity contribution >= 4 is 13.6 Å². The van der Waals surface area contributed by atoms with E-state index in [-0.39, 0.29) is 0 Å². The van der Waals surface area contributed by atoms with E-state index in [9.17, 15) is 9.36 Å². The summed E-state index contributed by atoms with van der Waals surface area (Å²) in [5.74, 6) is 3.21. The van der Waals surface area contributed by atoms with Crippen molar-refractivity contribution in [2.75, 3.05) is 20.3 Å². The van der Waals surface area contributed by atoms with Gasteiger partial charge in [0.15, 0.2) is 5.78 Å². The van der Waals surface area contributed by atoms with Gasteiger partial charge in [-0.15, -0.1) is 0 Å². The minimum absolute atomic E-state index is 0.971. The lowest BCUT2D eigenvalue weighted by Crippen LogP contribution is -2.45. The molecule has 0 heterocycles. The molecule has 0 rings (SSSR count). The third-order valence-electron chi connectivity index (χ3n) is 1.62. The van der Waals surface area contributed by atoms with Crippen molar-refractivity contribution in [3.05, 3.63) is 0 Å². The lowest BCUT2D eigenvalue weighted by Gasteiger charge is -2.21. The fourth-order valence-electron chi connectivity index (χ4n) is 0.766. The minimum Gasteiger partial charge on any atom is -0.388 e. The third kappa shape index (κ3) is 11.1. The monoisotopic (exact) mass is 307 g/mol. The Hall–Kier alpha value is -0.460. The van der Waals surface area contributed by atoms with Crippen LogP contribution in [0, 0.1) is 0 Å². The summed E-state index contributed by atoms with van der Waals surface area (Å²) in [4.78, 5) is 31.0. The Morgan fingerprint density at radius 3 is 2.05 bits per heavy atom. The van der Waals surface area contributed by atoms with Crippen LogP contribution in [0.3, 0.4) is 0 Å². The van der Waals surface area contributed by atoms with Crippen molar-refractivity contribution in [3.8, 4) is 0 Å². The molecule has 0 bridgehead atoms. The molecule has 0 saturated carbocycles. The molecule has 0 aromatic carbocycles. The molecule has 3 atom stereocenters. The second-order valence-electron chi connectivity index (χ2n) is 3.15. The Morgan fingerprint density at radius 2 is 1.74 bits per heavy atom. The van der Waals surface area contributed by atoms with Crippen LogP contribution in [-0.2, 0) is 18.7 Å². The smallest absolute Gasteiger partial charge is 0.388 e. The van der Waals surface area contributed by atoms with Crippen molar-refractivity contribution < 1.29 is 48.9 Å². The number of carbonyl (C=O) groups excluding carboxylic acids is 1. The van der Waals surface area contributed by atoms with Crippen LogP contribution in [0.4, 0.5) is 0 Å². The number of carbonyl (C=O) groups is 1. The highest BCUT2D eigenvalue weighted by molar-refractivity contribution is 7.46. The number of rotatable bonds is 7. The number of phosphoric acid groups is 1. The zero-order valence-electron chi connectivity index (χ0n) is 9.99. The van der Waals surface area contributed by atoms with Gasteiger partial charge in [-0.3, -0.25) is 9.32 Å². The molecular weight excluding hydrogens is 289 g/mol. The molecule has 0 aliphatic carbocycles. The average Bonchev–Trinajstić information content (AvgIpc) is 2.33. The normalized spacial score (nSPS) is 16.0. The molecule has 0 radical (unpaired) electrons. The van der Waals surface area contributed by atoms with Crippen LogP contribution in [0.5, 0.6) is 0 Å². The highest BCUT2D eigenvalue weighted by Crippen LogP contribution is 2.35. The summed E-state index contributed by atoms with van der Waals surface area (Å²) < 4.78 is 14.1. The Labute approximate surface area is 108 Å². The van der Waals surface area contributed by atoms with Gasteiger partial charge in [0.25, 0.3) is 0 Å². The largest absolute Gasteiger partial charge is 0.469 e. The van der Waals surface area contributed by atoms with Crippen molar-refractivity contribution in [3.63, 3.8) is 0 Å². The Kier molecular flexibility index (Phi) is 11.3. The maximum atomic E-state index is 10.7. The number of Topliss-reactive ketones (excluding diaryl/α,β-unsaturated/α-hetero) is 1. The van der Waals surface area contributed by atoms with E-state index in [2.05, 4.69) is 15.3 Å². The molecule has 0 aliphatic heterocycles. The fraction of sp³-hybridized carbons (Fsp3) is 0.857. The standard InChI is InChI=1S/C6H13O9P.CH5NO/c7-1-3(8)5(10)6(11)4(9)2-15-16(12,13)14;1-3-2/h4-7,9-11H,1-2H2,(H2,12,13,14);2H2,1H3/t4-,5-,6-;/m1./s1. The molecule has 0 spiro atoms. The summed E-state index contributed by atoms with van der Waals surface area (Å²) in [5, 5.41) is 35.6. The summed E-state index contributed by atoms with van der Waals surface area (Å²) in [6.45, 7) is -2.01. The number of aliphatic hydroxyl groups is 4. The highest BCUT2D eigenvalue weighted by Gasteiger charge is 2.31. The van der Waals surface area contributed by atoms with E-state index < -0.39 is 45.1 Å². The van der Waals surface area contributed by atoms with Gasteiger partial charge in [0, 0.05) is 0 Å². The number of hydrogen-bond donors (Lipinski definition) is 7. The molecule has 19 heavy (non-hydrogen) atoms. The Morgan fingerprint density at radius 1 is 1.32 bits per heavy atom. The Bertz CT molecular complexity index is 294. The molecule has 0 aliphatic rings. The van der Waals surface area contributed by atoms with Gasteiger partial charge in [-0.25, -0.2) is 10.5 Å². The van der Waals surface area contributed by atoms with Crippen molar-refractivity contribution in [1.29, 1.82) is 0 Å². The number of aliphatic hydroxyl groups excluding tert-OH is 4. The van der Waals surface area contributed by atoms with Gasteiger partial charge >= 0.3 is 7.82 Å². The van der Waals surface area contributed by atoms with Gasteiger partial charge in [-0.05, 0) is 0 Å². The third-order valence-corrected chi connectivity index (χ3v) is 2.10. The molecule has 8 N–H and O–H groups in total. The van der Waals surface area contributed by atoms with Gasteiger partial charge in [0.05, 0.1) is 13.7 Å². The molecule has 0 saturated heterocycles. The Balaban J connectivity index is 0. The molecule has 0 fully saturated rings. The summed E-state index contributed by atoms with van der Waals surface area (Å²) in [7, 11) is -3.40. The fourth-order valence-corrected chi connectivity index (χ4v) is 1.11. The first-order chi connectivity index (χ1) is 8.60. The zero-order chi connectivity index (χ0) is 15.6. The summed E-state index contributed by atoms with van der Waals surface area (Å²) in [6, 6.07) is 0. The van der Waals surface area contributed by atoms with Crippen molar-refractivity contribution in [1.82, 2.24) is 0 Å². The van der Waals surface area contributed by atoms with Crippen LogP contribution in [0.15, 0.2) is 0 Å². The van der Waals surface area contributed by atoms with Gasteiger partial charge < -0.3 is 35.1 Å². The van der Waals surface area contributed by atoms with Gasteiger partial charge in [0.2, 0.25) is 0 Å². The highest BCUT2D eigenvalue weighted by atomic mass is 31.2. The van der Waals surface area contributed by atoms with Crippen LogP contribution in [-0.4, -0.2) is 74.6 Å². The first-order valence-corrected chi connectivity index (χ1v) is 6.24. The lowest BCUT2D eigenvalue weighted by atomic mass is 10.1. The first-order valence-electron chi connectivity index (χ1n) is 4.71. The minimum atomic E-state index is -4.81. The predicted molar refractivity (Wildman–Crippen MR) is 59.3 cm³/mol. The SMILES string of the molecule is CON.O=C(CO)[C@@H](O)[C@H](O)[C@H](O)COP(=O)(O)O. The topological polar surface area (TPSA) is 200 Å². The van der Waals surface area contributed by atoms with Crippen LogP contribution in [0.1, 0.15) is 0 Å². The molecule has 12 heteroatoms. The number of ketones is 1. The van der Waals surface area contributed by atoms with Crippen molar-refractivity contribution in [2.45, 2.75) is 18.3 Å². The summed E-state index contributed by atoms with van der Waals surface area (Å²) >= 11 is 0. The zero-order valence-corrected chi connectivity index (χ0v) is 10.9. The van der Waals surface area contributed by atoms with Crippen LogP contribution in [0.2, 0.25) is 0 Å². The molecule has 0 unspecified atom stereocenters.